The monoisotopic (exact) mass is 344 g/mol. The van der Waals surface area contributed by atoms with Crippen molar-refractivity contribution in [3.05, 3.63) is 59.9 Å². The van der Waals surface area contributed by atoms with Crippen molar-refractivity contribution >= 4 is 11.6 Å². The van der Waals surface area contributed by atoms with E-state index in [1.165, 1.54) is 12.1 Å². The molecular weight excluding hydrogens is 323 g/mol. The molecule has 132 valence electrons. The van der Waals surface area contributed by atoms with E-state index >= 15 is 0 Å². The standard InChI is InChI=1S/C19H21FN2O3/c20-15-3-1-14(2-4-15)11-22-19(23)12-21-16-5-7-17(8-6-16)25-18-9-10-24-13-18/h1-8,18,21H,9-13H2,(H,22,23)/t18-/m0/s1. The molecule has 0 unspecified atom stereocenters. The van der Waals surface area contributed by atoms with Gasteiger partial charge in [0.2, 0.25) is 5.91 Å². The highest BCUT2D eigenvalue weighted by Gasteiger charge is 2.16. The van der Waals surface area contributed by atoms with Crippen LogP contribution >= 0.6 is 0 Å². The van der Waals surface area contributed by atoms with Gasteiger partial charge in [-0.05, 0) is 42.0 Å². The van der Waals surface area contributed by atoms with E-state index in [1.807, 2.05) is 24.3 Å². The van der Waals surface area contributed by atoms with Gasteiger partial charge in [0.05, 0.1) is 19.8 Å². The molecule has 1 aliphatic heterocycles. The summed E-state index contributed by atoms with van der Waals surface area (Å²) in [4.78, 5) is 11.9. The zero-order valence-corrected chi connectivity index (χ0v) is 13.8. The molecule has 0 radical (unpaired) electrons. The number of benzene rings is 2. The molecule has 0 bridgehead atoms. The fraction of sp³-hybridized carbons (Fsp3) is 0.316. The first-order valence-corrected chi connectivity index (χ1v) is 8.28. The van der Waals surface area contributed by atoms with Crippen LogP contribution in [-0.2, 0) is 16.1 Å². The minimum atomic E-state index is -0.287. The zero-order valence-electron chi connectivity index (χ0n) is 13.8. The fourth-order valence-corrected chi connectivity index (χ4v) is 2.50. The molecule has 3 rings (SSSR count). The van der Waals surface area contributed by atoms with Gasteiger partial charge in [0.1, 0.15) is 17.7 Å². The molecule has 1 fully saturated rings. The van der Waals surface area contributed by atoms with Crippen LogP contribution in [0.3, 0.4) is 0 Å². The summed E-state index contributed by atoms with van der Waals surface area (Å²) < 4.78 is 23.9. The molecule has 1 saturated heterocycles. The van der Waals surface area contributed by atoms with Gasteiger partial charge in [-0.1, -0.05) is 12.1 Å². The van der Waals surface area contributed by atoms with Crippen LogP contribution in [0.5, 0.6) is 5.75 Å². The van der Waals surface area contributed by atoms with E-state index in [0.717, 1.165) is 30.0 Å². The predicted octanol–water partition coefficient (Wildman–Crippen LogP) is 2.72. The zero-order chi connectivity index (χ0) is 17.5. The van der Waals surface area contributed by atoms with Crippen LogP contribution in [-0.4, -0.2) is 31.8 Å². The van der Waals surface area contributed by atoms with Crippen molar-refractivity contribution in [2.24, 2.45) is 0 Å². The summed E-state index contributed by atoms with van der Waals surface area (Å²) in [5.41, 5.74) is 1.69. The minimum Gasteiger partial charge on any atom is -0.488 e. The Morgan fingerprint density at radius 3 is 2.60 bits per heavy atom. The highest BCUT2D eigenvalue weighted by Crippen LogP contribution is 2.19. The molecule has 0 spiro atoms. The van der Waals surface area contributed by atoms with E-state index in [4.69, 9.17) is 9.47 Å². The van der Waals surface area contributed by atoms with Crippen molar-refractivity contribution in [2.75, 3.05) is 25.1 Å². The third-order valence-corrected chi connectivity index (χ3v) is 3.90. The Hall–Kier alpha value is -2.60. The Balaban J connectivity index is 1.39. The number of amides is 1. The molecule has 5 nitrogen and oxygen atoms in total. The summed E-state index contributed by atoms with van der Waals surface area (Å²) in [5.74, 6) is 0.374. The van der Waals surface area contributed by atoms with Gasteiger partial charge in [0, 0.05) is 18.7 Å². The first kappa shape index (κ1) is 17.2. The first-order chi connectivity index (χ1) is 12.2. The lowest BCUT2D eigenvalue weighted by Crippen LogP contribution is -2.29. The average Bonchev–Trinajstić information content (AvgIpc) is 3.14. The number of nitrogens with one attached hydrogen (secondary N) is 2. The molecule has 6 heteroatoms. The highest BCUT2D eigenvalue weighted by molar-refractivity contribution is 5.80. The lowest BCUT2D eigenvalue weighted by molar-refractivity contribution is -0.119. The maximum Gasteiger partial charge on any atom is 0.239 e. The third kappa shape index (κ3) is 5.46. The summed E-state index contributed by atoms with van der Waals surface area (Å²) >= 11 is 0. The van der Waals surface area contributed by atoms with Gasteiger partial charge in [0.25, 0.3) is 0 Å². The molecule has 1 atom stereocenters. The van der Waals surface area contributed by atoms with E-state index in [0.29, 0.717) is 13.2 Å². The molecule has 25 heavy (non-hydrogen) atoms. The van der Waals surface area contributed by atoms with Crippen LogP contribution in [0.15, 0.2) is 48.5 Å². The Labute approximate surface area is 146 Å². The molecule has 2 aromatic carbocycles. The van der Waals surface area contributed by atoms with E-state index in [1.54, 1.807) is 12.1 Å². The van der Waals surface area contributed by atoms with E-state index in [9.17, 15) is 9.18 Å². The van der Waals surface area contributed by atoms with Crippen molar-refractivity contribution < 1.29 is 18.7 Å². The molecule has 2 N–H and O–H groups in total. The van der Waals surface area contributed by atoms with Crippen molar-refractivity contribution in [3.8, 4) is 5.75 Å². The van der Waals surface area contributed by atoms with Crippen LogP contribution < -0.4 is 15.4 Å². The van der Waals surface area contributed by atoms with Crippen molar-refractivity contribution in [2.45, 2.75) is 19.1 Å². The van der Waals surface area contributed by atoms with Crippen molar-refractivity contribution in [1.82, 2.24) is 5.32 Å². The first-order valence-electron chi connectivity index (χ1n) is 8.28. The maximum atomic E-state index is 12.8. The number of halogens is 1. The molecule has 0 aliphatic carbocycles. The summed E-state index contributed by atoms with van der Waals surface area (Å²) in [6.45, 7) is 1.92. The largest absolute Gasteiger partial charge is 0.488 e. The lowest BCUT2D eigenvalue weighted by Gasteiger charge is -2.12. The number of hydrogen-bond acceptors (Lipinski definition) is 4. The van der Waals surface area contributed by atoms with Crippen LogP contribution in [0.2, 0.25) is 0 Å². The SMILES string of the molecule is O=C(CNc1ccc(O[C@H]2CCOC2)cc1)NCc1ccc(F)cc1. The summed E-state index contributed by atoms with van der Waals surface area (Å²) in [6, 6.07) is 13.5. The predicted molar refractivity (Wildman–Crippen MR) is 93.0 cm³/mol. The lowest BCUT2D eigenvalue weighted by atomic mass is 10.2. The topological polar surface area (TPSA) is 59.6 Å². The van der Waals surface area contributed by atoms with Gasteiger partial charge >= 0.3 is 0 Å². The normalized spacial score (nSPS) is 16.4. The molecule has 1 aliphatic rings. The summed E-state index contributed by atoms with van der Waals surface area (Å²) in [6.07, 6.45) is 1.03. The van der Waals surface area contributed by atoms with E-state index in [-0.39, 0.29) is 24.4 Å². The Morgan fingerprint density at radius 2 is 1.92 bits per heavy atom. The summed E-state index contributed by atoms with van der Waals surface area (Å²) in [7, 11) is 0. The minimum absolute atomic E-state index is 0.121. The number of ether oxygens (including phenoxy) is 2. The smallest absolute Gasteiger partial charge is 0.239 e. The van der Waals surface area contributed by atoms with Crippen LogP contribution in [0, 0.1) is 5.82 Å². The van der Waals surface area contributed by atoms with Gasteiger partial charge in [-0.2, -0.15) is 0 Å². The average molecular weight is 344 g/mol. The molecule has 1 heterocycles. The second-order valence-electron chi connectivity index (χ2n) is 5.88. The Kier molecular flexibility index (Phi) is 5.85. The van der Waals surface area contributed by atoms with Gasteiger partial charge in [-0.25, -0.2) is 4.39 Å². The fourth-order valence-electron chi connectivity index (χ4n) is 2.50. The second kappa shape index (κ2) is 8.48. The molecule has 0 aromatic heterocycles. The van der Waals surface area contributed by atoms with Crippen molar-refractivity contribution in [3.63, 3.8) is 0 Å². The molecule has 2 aromatic rings. The number of carbonyl (C=O) groups is 1. The van der Waals surface area contributed by atoms with E-state index in [2.05, 4.69) is 10.6 Å². The third-order valence-electron chi connectivity index (χ3n) is 3.90. The van der Waals surface area contributed by atoms with Gasteiger partial charge in [-0.3, -0.25) is 4.79 Å². The maximum absolute atomic E-state index is 12.8. The number of anilines is 1. The number of carbonyl (C=O) groups excluding carboxylic acids is 1. The van der Waals surface area contributed by atoms with Crippen LogP contribution in [0.1, 0.15) is 12.0 Å². The van der Waals surface area contributed by atoms with Crippen LogP contribution in [0.4, 0.5) is 10.1 Å². The van der Waals surface area contributed by atoms with Gasteiger partial charge < -0.3 is 20.1 Å². The van der Waals surface area contributed by atoms with Gasteiger partial charge in [0.15, 0.2) is 0 Å². The summed E-state index contributed by atoms with van der Waals surface area (Å²) in [5, 5.41) is 5.84. The van der Waals surface area contributed by atoms with Gasteiger partial charge in [-0.15, -0.1) is 0 Å². The van der Waals surface area contributed by atoms with Crippen molar-refractivity contribution in [1.29, 1.82) is 0 Å². The van der Waals surface area contributed by atoms with E-state index < -0.39 is 0 Å². The molecule has 1 amide bonds. The number of rotatable bonds is 7. The second-order valence-corrected chi connectivity index (χ2v) is 5.88. The Morgan fingerprint density at radius 1 is 1.16 bits per heavy atom. The van der Waals surface area contributed by atoms with Crippen LogP contribution in [0.25, 0.3) is 0 Å². The highest BCUT2D eigenvalue weighted by atomic mass is 19.1. The number of hydrogen-bond donors (Lipinski definition) is 2. The quantitative estimate of drug-likeness (QED) is 0.811. The molecular formula is C19H21FN2O3. The molecule has 0 saturated carbocycles. The Bertz CT molecular complexity index is 683.